The Morgan fingerprint density at radius 2 is 2.20 bits per heavy atom. The average molecular weight is 270 g/mol. The molecule has 1 aliphatic carbocycles. The fraction of sp³-hybridized carbons (Fsp3) is 0.333. The molecule has 5 heteroatoms. The quantitative estimate of drug-likeness (QED) is 0.861. The van der Waals surface area contributed by atoms with Crippen molar-refractivity contribution in [1.29, 1.82) is 0 Å². The number of nitrogens with two attached hydrogens (primary N) is 1. The molecule has 104 valence electrons. The number of aromatic nitrogens is 2. The highest BCUT2D eigenvalue weighted by molar-refractivity contribution is 5.77. The number of carbonyl (C=O) groups excluding carboxylic acids is 1. The van der Waals surface area contributed by atoms with Gasteiger partial charge in [0, 0.05) is 36.1 Å². The number of amides is 1. The number of anilines is 1. The van der Waals surface area contributed by atoms with Crippen LogP contribution in [0.2, 0.25) is 0 Å². The first-order valence-electron chi connectivity index (χ1n) is 6.78. The second kappa shape index (κ2) is 5.00. The average Bonchev–Trinajstić information content (AvgIpc) is 3.19. The normalized spacial score (nSPS) is 14.2. The van der Waals surface area contributed by atoms with Crippen molar-refractivity contribution in [2.24, 2.45) is 0 Å². The zero-order chi connectivity index (χ0) is 14.1. The van der Waals surface area contributed by atoms with Crippen LogP contribution in [-0.4, -0.2) is 33.7 Å². The summed E-state index contributed by atoms with van der Waals surface area (Å²) in [6, 6.07) is 8.09. The van der Waals surface area contributed by atoms with Crippen molar-refractivity contribution >= 4 is 11.6 Å². The molecule has 2 N–H and O–H groups in total. The molecule has 1 aromatic heterocycles. The molecule has 1 heterocycles. The number of benzene rings is 1. The van der Waals surface area contributed by atoms with Crippen LogP contribution in [0.15, 0.2) is 36.7 Å². The van der Waals surface area contributed by atoms with Gasteiger partial charge < -0.3 is 10.6 Å². The summed E-state index contributed by atoms with van der Waals surface area (Å²) in [5.41, 5.74) is 8.54. The molecule has 1 amide bonds. The van der Waals surface area contributed by atoms with E-state index in [1.54, 1.807) is 10.9 Å². The minimum Gasteiger partial charge on any atom is -0.398 e. The molecule has 0 radical (unpaired) electrons. The summed E-state index contributed by atoms with van der Waals surface area (Å²) in [5, 5.41) is 4.25. The second-order valence-corrected chi connectivity index (χ2v) is 5.25. The first-order chi connectivity index (χ1) is 9.65. The fourth-order valence-electron chi connectivity index (χ4n) is 2.26. The van der Waals surface area contributed by atoms with E-state index in [1.165, 1.54) is 0 Å². The SMILES string of the molecule is CN(C(=O)Cn1cc(-c2ccccc2N)cn1)C1CC1. The molecule has 0 atom stereocenters. The van der Waals surface area contributed by atoms with Crippen molar-refractivity contribution in [3.05, 3.63) is 36.7 Å². The summed E-state index contributed by atoms with van der Waals surface area (Å²) in [5.74, 6) is 0.100. The Morgan fingerprint density at radius 3 is 2.90 bits per heavy atom. The van der Waals surface area contributed by atoms with Crippen molar-refractivity contribution in [3.8, 4) is 11.1 Å². The summed E-state index contributed by atoms with van der Waals surface area (Å²) in [6.07, 6.45) is 5.85. The molecular weight excluding hydrogens is 252 g/mol. The number of hydrogen-bond donors (Lipinski definition) is 1. The minimum absolute atomic E-state index is 0.100. The van der Waals surface area contributed by atoms with E-state index in [0.29, 0.717) is 11.7 Å². The van der Waals surface area contributed by atoms with Gasteiger partial charge in [-0.2, -0.15) is 5.10 Å². The first kappa shape index (κ1) is 12.7. The van der Waals surface area contributed by atoms with Crippen LogP contribution in [0.3, 0.4) is 0 Å². The second-order valence-electron chi connectivity index (χ2n) is 5.25. The molecule has 2 aromatic rings. The van der Waals surface area contributed by atoms with Crippen LogP contribution in [0.4, 0.5) is 5.69 Å². The third-order valence-corrected chi connectivity index (χ3v) is 3.69. The number of rotatable bonds is 4. The van der Waals surface area contributed by atoms with Crippen LogP contribution in [0, 0.1) is 0 Å². The van der Waals surface area contributed by atoms with Gasteiger partial charge in [0.1, 0.15) is 6.54 Å². The van der Waals surface area contributed by atoms with Crippen LogP contribution in [0.25, 0.3) is 11.1 Å². The monoisotopic (exact) mass is 270 g/mol. The number of para-hydroxylation sites is 1. The van der Waals surface area contributed by atoms with E-state index in [-0.39, 0.29) is 12.5 Å². The lowest BCUT2D eigenvalue weighted by Crippen LogP contribution is -2.32. The lowest BCUT2D eigenvalue weighted by molar-refractivity contribution is -0.131. The lowest BCUT2D eigenvalue weighted by atomic mass is 10.1. The Bertz CT molecular complexity index is 630. The van der Waals surface area contributed by atoms with Gasteiger partial charge in [-0.25, -0.2) is 0 Å². The van der Waals surface area contributed by atoms with E-state index < -0.39 is 0 Å². The number of nitrogens with zero attached hydrogens (tertiary/aromatic N) is 3. The smallest absolute Gasteiger partial charge is 0.244 e. The molecule has 5 nitrogen and oxygen atoms in total. The maximum absolute atomic E-state index is 12.0. The molecule has 20 heavy (non-hydrogen) atoms. The van der Waals surface area contributed by atoms with E-state index in [0.717, 1.165) is 24.0 Å². The molecule has 1 fully saturated rings. The number of carbonyl (C=O) groups is 1. The van der Waals surface area contributed by atoms with Gasteiger partial charge in [-0.05, 0) is 18.9 Å². The van der Waals surface area contributed by atoms with Gasteiger partial charge >= 0.3 is 0 Å². The molecule has 1 aromatic carbocycles. The summed E-state index contributed by atoms with van der Waals surface area (Å²) >= 11 is 0. The van der Waals surface area contributed by atoms with E-state index in [9.17, 15) is 4.79 Å². The van der Waals surface area contributed by atoms with Crippen molar-refractivity contribution in [3.63, 3.8) is 0 Å². The summed E-state index contributed by atoms with van der Waals surface area (Å²) in [7, 11) is 1.86. The molecular formula is C15H18N4O. The summed E-state index contributed by atoms with van der Waals surface area (Å²) in [4.78, 5) is 13.9. The Morgan fingerprint density at radius 1 is 1.45 bits per heavy atom. The topological polar surface area (TPSA) is 64.2 Å². The molecule has 0 bridgehead atoms. The molecule has 0 saturated heterocycles. The first-order valence-corrected chi connectivity index (χ1v) is 6.78. The lowest BCUT2D eigenvalue weighted by Gasteiger charge is -2.15. The van der Waals surface area contributed by atoms with Gasteiger partial charge in [0.05, 0.1) is 6.20 Å². The van der Waals surface area contributed by atoms with Crippen LogP contribution >= 0.6 is 0 Å². The maximum atomic E-state index is 12.0. The highest BCUT2D eigenvalue weighted by Crippen LogP contribution is 2.26. The van der Waals surface area contributed by atoms with Gasteiger partial charge in [0.25, 0.3) is 0 Å². The standard InChI is InChI=1S/C15H18N4O/c1-18(12-6-7-12)15(20)10-19-9-11(8-17-19)13-4-2-3-5-14(13)16/h2-5,8-9,12H,6-7,10,16H2,1H3. The van der Waals surface area contributed by atoms with Crippen LogP contribution in [0.5, 0.6) is 0 Å². The fourth-order valence-corrected chi connectivity index (χ4v) is 2.26. The largest absolute Gasteiger partial charge is 0.398 e. The number of likely N-dealkylation sites (N-methyl/N-ethyl adjacent to an activating group) is 1. The highest BCUT2D eigenvalue weighted by atomic mass is 16.2. The molecule has 3 rings (SSSR count). The third kappa shape index (κ3) is 2.52. The van der Waals surface area contributed by atoms with E-state index >= 15 is 0 Å². The molecule has 1 aliphatic rings. The van der Waals surface area contributed by atoms with Crippen molar-refractivity contribution in [1.82, 2.24) is 14.7 Å². The van der Waals surface area contributed by atoms with Crippen molar-refractivity contribution < 1.29 is 4.79 Å². The zero-order valence-electron chi connectivity index (χ0n) is 11.5. The predicted octanol–water partition coefficient (Wildman–Crippen LogP) is 1.75. The third-order valence-electron chi connectivity index (χ3n) is 3.69. The predicted molar refractivity (Wildman–Crippen MR) is 77.9 cm³/mol. The van der Waals surface area contributed by atoms with Gasteiger partial charge in [0.2, 0.25) is 5.91 Å². The van der Waals surface area contributed by atoms with Crippen LogP contribution < -0.4 is 5.73 Å². The zero-order valence-corrected chi connectivity index (χ0v) is 11.5. The Labute approximate surface area is 118 Å². The van der Waals surface area contributed by atoms with E-state index in [1.807, 2.05) is 42.4 Å². The molecule has 0 unspecified atom stereocenters. The van der Waals surface area contributed by atoms with Gasteiger partial charge in [-0.15, -0.1) is 0 Å². The van der Waals surface area contributed by atoms with Crippen molar-refractivity contribution in [2.75, 3.05) is 12.8 Å². The Kier molecular flexibility index (Phi) is 3.18. The van der Waals surface area contributed by atoms with Gasteiger partial charge in [0.15, 0.2) is 0 Å². The van der Waals surface area contributed by atoms with Crippen LogP contribution in [-0.2, 0) is 11.3 Å². The minimum atomic E-state index is 0.100. The van der Waals surface area contributed by atoms with Crippen LogP contribution in [0.1, 0.15) is 12.8 Å². The Balaban J connectivity index is 1.74. The highest BCUT2D eigenvalue weighted by Gasteiger charge is 2.29. The molecule has 0 aliphatic heterocycles. The summed E-state index contributed by atoms with van der Waals surface area (Å²) in [6.45, 7) is 0.278. The molecule has 1 saturated carbocycles. The molecule has 0 spiro atoms. The summed E-state index contributed by atoms with van der Waals surface area (Å²) < 4.78 is 1.67. The Hall–Kier alpha value is -2.30. The van der Waals surface area contributed by atoms with Crippen molar-refractivity contribution in [2.45, 2.75) is 25.4 Å². The van der Waals surface area contributed by atoms with Gasteiger partial charge in [-0.3, -0.25) is 9.48 Å². The maximum Gasteiger partial charge on any atom is 0.244 e. The number of nitrogen functional groups attached to an aromatic ring is 1. The van der Waals surface area contributed by atoms with E-state index in [4.69, 9.17) is 5.73 Å². The van der Waals surface area contributed by atoms with E-state index in [2.05, 4.69) is 5.10 Å². The number of hydrogen-bond acceptors (Lipinski definition) is 3. The van der Waals surface area contributed by atoms with Gasteiger partial charge in [-0.1, -0.05) is 18.2 Å².